The zero-order valence-electron chi connectivity index (χ0n) is 10.3. The molecule has 0 saturated heterocycles. The molecule has 4 nitrogen and oxygen atoms in total. The van der Waals surface area contributed by atoms with Crippen molar-refractivity contribution in [1.82, 2.24) is 10.3 Å². The topological polar surface area (TPSA) is 68.0 Å². The van der Waals surface area contributed by atoms with Crippen LogP contribution in [-0.2, 0) is 6.42 Å². The van der Waals surface area contributed by atoms with E-state index in [1.165, 1.54) is 12.1 Å². The number of anilines is 1. The van der Waals surface area contributed by atoms with Gasteiger partial charge in [-0.3, -0.25) is 9.78 Å². The van der Waals surface area contributed by atoms with Crippen LogP contribution in [0, 0.1) is 5.82 Å². The van der Waals surface area contributed by atoms with Gasteiger partial charge in [-0.15, -0.1) is 0 Å². The summed E-state index contributed by atoms with van der Waals surface area (Å²) in [5, 5.41) is 2.74. The van der Waals surface area contributed by atoms with Gasteiger partial charge < -0.3 is 11.1 Å². The molecule has 0 spiro atoms. The Kier molecular flexibility index (Phi) is 4.07. The van der Waals surface area contributed by atoms with Gasteiger partial charge in [0, 0.05) is 24.6 Å². The normalized spacial score (nSPS) is 10.2. The highest BCUT2D eigenvalue weighted by Gasteiger charge is 2.09. The average Bonchev–Trinajstić information content (AvgIpc) is 2.39. The fraction of sp³-hybridized carbons (Fsp3) is 0.143. The minimum absolute atomic E-state index is 0.138. The van der Waals surface area contributed by atoms with Gasteiger partial charge in [0.15, 0.2) is 0 Å². The molecule has 98 valence electrons. The molecule has 0 saturated carbocycles. The maximum Gasteiger partial charge on any atom is 0.253 e. The van der Waals surface area contributed by atoms with Gasteiger partial charge >= 0.3 is 0 Å². The van der Waals surface area contributed by atoms with Crippen LogP contribution in [0.15, 0.2) is 42.7 Å². The van der Waals surface area contributed by atoms with Crippen molar-refractivity contribution < 1.29 is 9.18 Å². The highest BCUT2D eigenvalue weighted by atomic mass is 19.1. The molecule has 0 fully saturated rings. The summed E-state index contributed by atoms with van der Waals surface area (Å²) in [6.45, 7) is 0.474. The van der Waals surface area contributed by atoms with E-state index in [-0.39, 0.29) is 17.2 Å². The van der Waals surface area contributed by atoms with Crippen LogP contribution >= 0.6 is 0 Å². The van der Waals surface area contributed by atoms with Crippen LogP contribution < -0.4 is 11.1 Å². The predicted octanol–water partition coefficient (Wildman–Crippen LogP) is 1.78. The summed E-state index contributed by atoms with van der Waals surface area (Å²) in [6, 6.07) is 7.51. The number of hydrogen-bond acceptors (Lipinski definition) is 3. The number of nitrogens with zero attached hydrogens (tertiary/aromatic N) is 1. The number of rotatable bonds is 4. The zero-order chi connectivity index (χ0) is 13.7. The van der Waals surface area contributed by atoms with Crippen LogP contribution in [0.4, 0.5) is 10.1 Å². The van der Waals surface area contributed by atoms with Gasteiger partial charge in [0.1, 0.15) is 5.82 Å². The lowest BCUT2D eigenvalue weighted by Gasteiger charge is -2.07. The van der Waals surface area contributed by atoms with Crippen LogP contribution in [0.25, 0.3) is 0 Å². The van der Waals surface area contributed by atoms with Crippen molar-refractivity contribution in [2.24, 2.45) is 0 Å². The van der Waals surface area contributed by atoms with E-state index in [2.05, 4.69) is 10.3 Å². The van der Waals surface area contributed by atoms with Crippen molar-refractivity contribution in [3.05, 3.63) is 59.7 Å². The summed E-state index contributed by atoms with van der Waals surface area (Å²) in [7, 11) is 0. The maximum absolute atomic E-state index is 12.9. The molecule has 0 bridgehead atoms. The first-order valence-corrected chi connectivity index (χ1v) is 5.89. The maximum atomic E-state index is 12.9. The molecule has 1 heterocycles. The Morgan fingerprint density at radius 2 is 2.21 bits per heavy atom. The molecule has 0 aliphatic heterocycles. The minimum atomic E-state index is -0.454. The number of hydrogen-bond donors (Lipinski definition) is 2. The SMILES string of the molecule is Nc1cc(F)ccc1C(=O)NCCc1cccnc1. The van der Waals surface area contributed by atoms with E-state index >= 15 is 0 Å². The van der Waals surface area contributed by atoms with Crippen LogP contribution in [0.1, 0.15) is 15.9 Å². The fourth-order valence-corrected chi connectivity index (χ4v) is 1.70. The Balaban J connectivity index is 1.91. The molecule has 0 aliphatic carbocycles. The average molecular weight is 259 g/mol. The van der Waals surface area contributed by atoms with E-state index < -0.39 is 5.82 Å². The molecular weight excluding hydrogens is 245 g/mol. The van der Waals surface area contributed by atoms with Gasteiger partial charge in [-0.25, -0.2) is 4.39 Å². The third-order valence-corrected chi connectivity index (χ3v) is 2.68. The Morgan fingerprint density at radius 1 is 1.37 bits per heavy atom. The molecule has 1 amide bonds. The van der Waals surface area contributed by atoms with E-state index in [0.29, 0.717) is 13.0 Å². The van der Waals surface area contributed by atoms with Gasteiger partial charge in [0.05, 0.1) is 5.56 Å². The van der Waals surface area contributed by atoms with Crippen molar-refractivity contribution in [2.45, 2.75) is 6.42 Å². The number of pyridine rings is 1. The molecule has 0 atom stereocenters. The Labute approximate surface area is 110 Å². The van der Waals surface area contributed by atoms with Crippen LogP contribution in [0.5, 0.6) is 0 Å². The molecule has 5 heteroatoms. The number of nitrogen functional groups attached to an aromatic ring is 1. The van der Waals surface area contributed by atoms with Gasteiger partial charge in [0.2, 0.25) is 0 Å². The lowest BCUT2D eigenvalue weighted by atomic mass is 10.1. The molecule has 19 heavy (non-hydrogen) atoms. The highest BCUT2D eigenvalue weighted by molar-refractivity contribution is 5.99. The quantitative estimate of drug-likeness (QED) is 0.822. The van der Waals surface area contributed by atoms with E-state index in [1.54, 1.807) is 12.4 Å². The monoisotopic (exact) mass is 259 g/mol. The standard InChI is InChI=1S/C14H14FN3O/c15-11-3-4-12(13(16)8-11)14(19)18-7-5-10-2-1-6-17-9-10/h1-4,6,8-9H,5,7,16H2,(H,18,19). The van der Waals surface area contributed by atoms with Gasteiger partial charge in [0.25, 0.3) is 5.91 Å². The van der Waals surface area contributed by atoms with Gasteiger partial charge in [-0.1, -0.05) is 6.07 Å². The third kappa shape index (κ3) is 3.51. The lowest BCUT2D eigenvalue weighted by Crippen LogP contribution is -2.26. The van der Waals surface area contributed by atoms with Crippen molar-refractivity contribution in [3.8, 4) is 0 Å². The number of amides is 1. The first kappa shape index (κ1) is 13.0. The number of halogens is 1. The van der Waals surface area contributed by atoms with Crippen molar-refractivity contribution in [3.63, 3.8) is 0 Å². The summed E-state index contributed by atoms with van der Waals surface area (Å²) in [6.07, 6.45) is 4.13. The predicted molar refractivity (Wildman–Crippen MR) is 71.1 cm³/mol. The minimum Gasteiger partial charge on any atom is -0.398 e. The molecule has 0 aliphatic rings. The lowest BCUT2D eigenvalue weighted by molar-refractivity contribution is 0.0955. The number of carbonyl (C=O) groups excluding carboxylic acids is 1. The fourth-order valence-electron chi connectivity index (χ4n) is 1.70. The summed E-state index contributed by atoms with van der Waals surface area (Å²) in [5.74, 6) is -0.759. The first-order valence-electron chi connectivity index (χ1n) is 5.89. The number of nitrogens with one attached hydrogen (secondary N) is 1. The van der Waals surface area contributed by atoms with E-state index in [4.69, 9.17) is 5.73 Å². The second-order valence-electron chi connectivity index (χ2n) is 4.10. The first-order chi connectivity index (χ1) is 9.16. The van der Waals surface area contributed by atoms with Gasteiger partial charge in [-0.05, 0) is 36.2 Å². The van der Waals surface area contributed by atoms with Crippen molar-refractivity contribution in [1.29, 1.82) is 0 Å². The van der Waals surface area contributed by atoms with Gasteiger partial charge in [-0.2, -0.15) is 0 Å². The Hall–Kier alpha value is -2.43. The highest BCUT2D eigenvalue weighted by Crippen LogP contribution is 2.13. The molecule has 3 N–H and O–H groups in total. The Morgan fingerprint density at radius 3 is 2.89 bits per heavy atom. The number of carbonyl (C=O) groups is 1. The van der Waals surface area contributed by atoms with Crippen LogP contribution in [0.3, 0.4) is 0 Å². The van der Waals surface area contributed by atoms with E-state index in [9.17, 15) is 9.18 Å². The summed E-state index contributed by atoms with van der Waals surface area (Å²) < 4.78 is 12.9. The number of aromatic nitrogens is 1. The number of benzene rings is 1. The zero-order valence-corrected chi connectivity index (χ0v) is 10.3. The molecule has 1 aromatic carbocycles. The molecule has 2 aromatic rings. The molecular formula is C14H14FN3O. The Bertz CT molecular complexity index is 572. The van der Waals surface area contributed by atoms with Crippen LogP contribution in [0.2, 0.25) is 0 Å². The van der Waals surface area contributed by atoms with E-state index in [0.717, 1.165) is 11.6 Å². The third-order valence-electron chi connectivity index (χ3n) is 2.68. The summed E-state index contributed by atoms with van der Waals surface area (Å²) in [5.41, 5.74) is 7.05. The smallest absolute Gasteiger partial charge is 0.253 e. The second kappa shape index (κ2) is 5.95. The second-order valence-corrected chi connectivity index (χ2v) is 4.10. The summed E-state index contributed by atoms with van der Waals surface area (Å²) >= 11 is 0. The molecule has 2 rings (SSSR count). The molecule has 1 aromatic heterocycles. The van der Waals surface area contributed by atoms with E-state index in [1.807, 2.05) is 12.1 Å². The van der Waals surface area contributed by atoms with Crippen molar-refractivity contribution >= 4 is 11.6 Å². The number of nitrogens with two attached hydrogens (primary N) is 1. The largest absolute Gasteiger partial charge is 0.398 e. The molecule has 0 unspecified atom stereocenters. The molecule has 0 radical (unpaired) electrons. The summed E-state index contributed by atoms with van der Waals surface area (Å²) in [4.78, 5) is 15.8. The van der Waals surface area contributed by atoms with Crippen LogP contribution in [-0.4, -0.2) is 17.4 Å². The van der Waals surface area contributed by atoms with Crippen molar-refractivity contribution in [2.75, 3.05) is 12.3 Å².